The Morgan fingerprint density at radius 2 is 1.48 bits per heavy atom. The third-order valence-electron chi connectivity index (χ3n) is 4.25. The summed E-state index contributed by atoms with van der Waals surface area (Å²) in [7, 11) is 0. The minimum atomic E-state index is 0.636. The molecular weight excluding hydrogens is 348 g/mol. The van der Waals surface area contributed by atoms with E-state index in [2.05, 4.69) is 0 Å². The number of halogens is 1. The van der Waals surface area contributed by atoms with Crippen molar-refractivity contribution in [3.8, 4) is 11.3 Å². The fourth-order valence-electron chi connectivity index (χ4n) is 3.00. The van der Waals surface area contributed by atoms with Gasteiger partial charge in [-0.2, -0.15) is 0 Å². The van der Waals surface area contributed by atoms with E-state index in [4.69, 9.17) is 28.2 Å². The van der Waals surface area contributed by atoms with E-state index in [9.17, 15) is 0 Å². The van der Waals surface area contributed by atoms with Crippen molar-refractivity contribution in [1.29, 1.82) is 0 Å². The lowest BCUT2D eigenvalue weighted by molar-refractivity contribution is 0.613. The van der Waals surface area contributed by atoms with Gasteiger partial charge < -0.3 is 4.42 Å². The molecule has 0 saturated heterocycles. The Labute approximate surface area is 156 Å². The monoisotopic (exact) mass is 362 g/mol. The fraction of sp³-hybridized carbons (Fsp3) is 0.0455. The number of hydrogen-bond donors (Lipinski definition) is 0. The molecule has 0 bridgehead atoms. The second-order valence-corrected chi connectivity index (χ2v) is 6.68. The Morgan fingerprint density at radius 1 is 0.800 bits per heavy atom. The zero-order chi connectivity index (χ0) is 17.2. The summed E-state index contributed by atoms with van der Waals surface area (Å²) < 4.78 is 7.08. The van der Waals surface area contributed by atoms with Crippen LogP contribution in [0.3, 0.4) is 0 Å². The number of para-hydroxylation sites is 1. The summed E-state index contributed by atoms with van der Waals surface area (Å²) in [5, 5.41) is 1.70. The molecule has 0 amide bonds. The maximum Gasteiger partial charge on any atom is 0.139 e. The molecule has 0 spiro atoms. The predicted molar refractivity (Wildman–Crippen MR) is 107 cm³/mol. The van der Waals surface area contributed by atoms with E-state index >= 15 is 0 Å². The minimum Gasteiger partial charge on any atom is -0.456 e. The highest BCUT2D eigenvalue weighted by molar-refractivity contribution is 7.71. The molecule has 0 unspecified atom stereocenters. The van der Waals surface area contributed by atoms with E-state index in [-0.39, 0.29) is 0 Å². The average molecular weight is 363 g/mol. The first kappa shape index (κ1) is 16.1. The maximum absolute atomic E-state index is 6.38. The first-order chi connectivity index (χ1) is 12.2. The van der Waals surface area contributed by atoms with Crippen LogP contribution in [0.15, 0.2) is 83.3 Å². The Morgan fingerprint density at radius 3 is 2.28 bits per heavy atom. The van der Waals surface area contributed by atoms with Crippen LogP contribution in [-0.4, -0.2) is 0 Å². The molecule has 0 saturated carbocycles. The first-order valence-electron chi connectivity index (χ1n) is 8.07. The summed E-state index contributed by atoms with van der Waals surface area (Å²) in [6.45, 7) is 0. The topological polar surface area (TPSA) is 13.1 Å². The quantitative estimate of drug-likeness (QED) is 0.361. The van der Waals surface area contributed by atoms with Crippen molar-refractivity contribution in [2.24, 2.45) is 0 Å². The van der Waals surface area contributed by atoms with E-state index < -0.39 is 0 Å². The average Bonchev–Trinajstić information content (AvgIpc) is 2.66. The SMILES string of the molecule is S=c1c(Cc2ccccc2Cl)c(-c2ccccc2)oc2ccccc12. The molecule has 122 valence electrons. The maximum atomic E-state index is 6.38. The smallest absolute Gasteiger partial charge is 0.139 e. The van der Waals surface area contributed by atoms with Crippen LogP contribution in [0.1, 0.15) is 11.1 Å². The van der Waals surface area contributed by atoms with Crippen LogP contribution in [0, 0.1) is 4.51 Å². The van der Waals surface area contributed by atoms with Crippen LogP contribution < -0.4 is 0 Å². The van der Waals surface area contributed by atoms with E-state index in [1.807, 2.05) is 78.9 Å². The highest BCUT2D eigenvalue weighted by Gasteiger charge is 2.15. The molecule has 0 N–H and O–H groups in total. The third kappa shape index (κ3) is 3.11. The van der Waals surface area contributed by atoms with Gasteiger partial charge in [0.15, 0.2) is 0 Å². The molecule has 1 aromatic heterocycles. The van der Waals surface area contributed by atoms with E-state index in [0.29, 0.717) is 6.42 Å². The lowest BCUT2D eigenvalue weighted by atomic mass is 9.99. The normalized spacial score (nSPS) is 10.9. The van der Waals surface area contributed by atoms with Crippen molar-refractivity contribution in [3.05, 3.63) is 99.5 Å². The Hall–Kier alpha value is -2.42. The molecule has 3 heteroatoms. The summed E-state index contributed by atoms with van der Waals surface area (Å²) in [4.78, 5) is 0. The fourth-order valence-corrected chi connectivity index (χ4v) is 3.53. The largest absolute Gasteiger partial charge is 0.456 e. The van der Waals surface area contributed by atoms with E-state index in [1.54, 1.807) is 0 Å². The molecule has 1 nitrogen and oxygen atoms in total. The first-order valence-corrected chi connectivity index (χ1v) is 8.86. The molecule has 0 atom stereocenters. The standard InChI is InChI=1S/C22H15ClOS/c23-19-12-6-4-10-16(19)14-18-21(15-8-2-1-3-9-15)24-20-13-7-5-11-17(20)22(18)25/h1-13H,14H2. The third-order valence-corrected chi connectivity index (χ3v) is 5.09. The molecule has 25 heavy (non-hydrogen) atoms. The summed E-state index contributed by atoms with van der Waals surface area (Å²) in [5.74, 6) is 0.809. The molecule has 4 rings (SSSR count). The molecule has 0 radical (unpaired) electrons. The van der Waals surface area contributed by atoms with E-state index in [0.717, 1.165) is 43.0 Å². The molecule has 0 aliphatic rings. The zero-order valence-corrected chi connectivity index (χ0v) is 15.0. The predicted octanol–water partition coefficient (Wildman–Crippen LogP) is 7.07. The Bertz CT molecular complexity index is 1100. The lowest BCUT2D eigenvalue weighted by Crippen LogP contribution is -1.96. The summed E-state index contributed by atoms with van der Waals surface area (Å²) in [5.41, 5.74) is 3.85. The zero-order valence-electron chi connectivity index (χ0n) is 13.4. The van der Waals surface area contributed by atoms with Gasteiger partial charge in [-0.1, -0.05) is 84.5 Å². The molecule has 4 aromatic rings. The molecule has 0 aliphatic heterocycles. The van der Waals surface area contributed by atoms with Crippen molar-refractivity contribution in [3.63, 3.8) is 0 Å². The van der Waals surface area contributed by atoms with Crippen molar-refractivity contribution in [2.75, 3.05) is 0 Å². The van der Waals surface area contributed by atoms with Gasteiger partial charge in [0.2, 0.25) is 0 Å². The molecule has 3 aromatic carbocycles. The van der Waals surface area contributed by atoms with Crippen LogP contribution in [0.25, 0.3) is 22.3 Å². The van der Waals surface area contributed by atoms with Crippen molar-refractivity contribution < 1.29 is 4.42 Å². The van der Waals surface area contributed by atoms with Gasteiger partial charge in [0.1, 0.15) is 11.3 Å². The van der Waals surface area contributed by atoms with Crippen LogP contribution in [-0.2, 0) is 6.42 Å². The molecule has 0 aliphatic carbocycles. The van der Waals surface area contributed by atoms with Gasteiger partial charge in [0.25, 0.3) is 0 Å². The molecular formula is C22H15ClOS. The van der Waals surface area contributed by atoms with Gasteiger partial charge in [-0.25, -0.2) is 0 Å². The van der Waals surface area contributed by atoms with Gasteiger partial charge in [-0.05, 0) is 23.8 Å². The highest BCUT2D eigenvalue weighted by atomic mass is 35.5. The van der Waals surface area contributed by atoms with Crippen LogP contribution in [0.4, 0.5) is 0 Å². The van der Waals surface area contributed by atoms with Crippen LogP contribution in [0.5, 0.6) is 0 Å². The van der Waals surface area contributed by atoms with Gasteiger partial charge >= 0.3 is 0 Å². The Kier molecular flexibility index (Phi) is 4.39. The van der Waals surface area contributed by atoms with Crippen molar-refractivity contribution in [1.82, 2.24) is 0 Å². The van der Waals surface area contributed by atoms with Crippen LogP contribution in [0.2, 0.25) is 5.02 Å². The second-order valence-electron chi connectivity index (χ2n) is 5.87. The van der Waals surface area contributed by atoms with Crippen molar-refractivity contribution in [2.45, 2.75) is 6.42 Å². The Balaban J connectivity index is 1.99. The van der Waals surface area contributed by atoms with E-state index in [1.165, 1.54) is 0 Å². The summed E-state index contributed by atoms with van der Waals surface area (Å²) in [6, 6.07) is 25.8. The molecule has 0 fully saturated rings. The number of rotatable bonds is 3. The summed E-state index contributed by atoms with van der Waals surface area (Å²) >= 11 is 12.2. The number of hydrogen-bond acceptors (Lipinski definition) is 2. The van der Waals surface area contributed by atoms with Gasteiger partial charge in [0.05, 0.1) is 4.51 Å². The number of benzene rings is 3. The van der Waals surface area contributed by atoms with Gasteiger partial charge in [0, 0.05) is 28.0 Å². The van der Waals surface area contributed by atoms with Gasteiger partial charge in [-0.15, -0.1) is 0 Å². The van der Waals surface area contributed by atoms with Gasteiger partial charge in [-0.3, -0.25) is 0 Å². The minimum absolute atomic E-state index is 0.636. The lowest BCUT2D eigenvalue weighted by Gasteiger charge is -2.12. The number of fused-ring (bicyclic) bond motifs is 1. The second kappa shape index (κ2) is 6.83. The molecule has 1 heterocycles. The highest BCUT2D eigenvalue weighted by Crippen LogP contribution is 2.33. The van der Waals surface area contributed by atoms with Crippen molar-refractivity contribution >= 4 is 34.8 Å². The van der Waals surface area contributed by atoms with Crippen LogP contribution >= 0.6 is 23.8 Å². The summed E-state index contributed by atoms with van der Waals surface area (Å²) in [6.07, 6.45) is 0.636.